The molecule has 1 aliphatic heterocycles. The molecule has 1 heterocycles. The first-order valence-corrected chi connectivity index (χ1v) is 25.7. The molecule has 1 fully saturated rings. The molecule has 0 bridgehead atoms. The normalized spacial score (nSPS) is 15.9. The van der Waals surface area contributed by atoms with Crippen molar-refractivity contribution in [3.8, 4) is 0 Å². The summed E-state index contributed by atoms with van der Waals surface area (Å²) in [6.07, 6.45) is 13.1. The van der Waals surface area contributed by atoms with Crippen LogP contribution in [0, 0.1) is 32.1 Å². The molecular weight excluding hydrogens is 955 g/mol. The van der Waals surface area contributed by atoms with Crippen molar-refractivity contribution in [1.82, 2.24) is 4.90 Å². The zero-order valence-corrected chi connectivity index (χ0v) is 39.0. The third kappa shape index (κ3) is 18.6. The van der Waals surface area contributed by atoms with E-state index in [1.165, 1.54) is 26.1 Å². The van der Waals surface area contributed by atoms with Gasteiger partial charge in [0.15, 0.2) is 0 Å². The average Bonchev–Trinajstić information content (AvgIpc) is 3.89. The second-order valence-corrected chi connectivity index (χ2v) is 22.4. The minimum Gasteiger partial charge on any atom is -0.0312 e. The van der Waals surface area contributed by atoms with E-state index in [2.05, 4.69) is 135 Å². The second-order valence-electron chi connectivity index (χ2n) is 13.8. The summed E-state index contributed by atoms with van der Waals surface area (Å²) in [6.45, 7) is 5.35. The van der Waals surface area contributed by atoms with Crippen LogP contribution in [0.15, 0.2) is 146 Å². The molecule has 0 saturated heterocycles. The Morgan fingerprint density at radius 1 is 0.508 bits per heavy atom. The van der Waals surface area contributed by atoms with Gasteiger partial charge < -0.3 is 0 Å². The fraction of sp³-hybridized carbons (Fsp3) is 0.196. The molecule has 4 nitrogen and oxygen atoms in total. The number of halogens is 6. The van der Waals surface area contributed by atoms with E-state index in [1.54, 1.807) is 30.5 Å². The van der Waals surface area contributed by atoms with Gasteiger partial charge in [0.05, 0.1) is 11.1 Å². The summed E-state index contributed by atoms with van der Waals surface area (Å²) < 4.78 is 70.1. The molecule has 1 aliphatic carbocycles. The first kappa shape index (κ1) is 52.2. The smallest absolute Gasteiger partial charge is 0.0312 e. The van der Waals surface area contributed by atoms with E-state index in [-0.39, 0.29) is 31.3 Å². The van der Waals surface area contributed by atoms with Crippen molar-refractivity contribution in [3.05, 3.63) is 189 Å². The monoisotopic (exact) mass is 1000 g/mol. The zero-order chi connectivity index (χ0) is 43.8. The fourth-order valence-electron chi connectivity index (χ4n) is 6.36. The maximum atomic E-state index is 12.0. The van der Waals surface area contributed by atoms with E-state index < -0.39 is 34.5 Å². The van der Waals surface area contributed by atoms with E-state index in [9.17, 15) is 39.0 Å². The van der Waals surface area contributed by atoms with Crippen LogP contribution in [-0.4, -0.2) is 50.8 Å². The van der Waals surface area contributed by atoms with E-state index in [0.29, 0.717) is 41.2 Å². The van der Waals surface area contributed by atoms with Crippen LogP contribution in [0.5, 0.6) is 0 Å². The maximum absolute atomic E-state index is 12.0. The number of imide groups is 1. The molecule has 2 aliphatic rings. The maximum Gasteiger partial charge on any atom is 2.00 e. The number of fused-ring (bicyclic) bond motifs is 1. The van der Waals surface area contributed by atoms with E-state index in [4.69, 9.17) is 0 Å². The Labute approximate surface area is 374 Å². The molecule has 61 heavy (non-hydrogen) atoms. The summed E-state index contributed by atoms with van der Waals surface area (Å²) in [6, 6.07) is 51.3. The number of unbranched alkanes of at least 4 members (excludes halogenated alkanes) is 1. The predicted molar refractivity (Wildman–Crippen MR) is 242 cm³/mol. The minimum absolute atomic E-state index is 0. The Kier molecular flexibility index (Phi) is 20.1. The van der Waals surface area contributed by atoms with Gasteiger partial charge in [0, 0.05) is 29.4 Å². The molecule has 1 saturated carbocycles. The molecule has 325 valence electrons. The summed E-state index contributed by atoms with van der Waals surface area (Å²) in [5.74, 6) is 0.185. The van der Waals surface area contributed by atoms with Crippen LogP contribution >= 0.6 is 23.7 Å². The van der Waals surface area contributed by atoms with Gasteiger partial charge in [0.1, 0.15) is 0 Å². The van der Waals surface area contributed by atoms with Crippen LogP contribution in [0.1, 0.15) is 47.4 Å². The Morgan fingerprint density at radius 3 is 1.03 bits per heavy atom. The van der Waals surface area contributed by atoms with Gasteiger partial charge in [-0.05, 0) is 105 Å². The van der Waals surface area contributed by atoms with Crippen molar-refractivity contribution in [2.75, 3.05) is 18.6 Å². The number of hydrogen-bond donors (Lipinski definition) is 0. The van der Waals surface area contributed by atoms with Crippen molar-refractivity contribution >= 4 is 67.5 Å². The summed E-state index contributed by atoms with van der Waals surface area (Å²) in [4.78, 5) is 25.2. The second kappa shape index (κ2) is 23.5. The van der Waals surface area contributed by atoms with Gasteiger partial charge in [0.25, 0.3) is 11.8 Å². The van der Waals surface area contributed by atoms with Gasteiger partial charge in [-0.15, -0.1) is 0 Å². The molecule has 15 heteroatoms. The van der Waals surface area contributed by atoms with Gasteiger partial charge >= 0.3 is 52.5 Å². The molecule has 7 rings (SSSR count). The number of rotatable bonds is 12. The van der Waals surface area contributed by atoms with E-state index >= 15 is 0 Å². The first-order chi connectivity index (χ1) is 28.3. The number of carbonyl (C=O) groups is 2. The van der Waals surface area contributed by atoms with Crippen molar-refractivity contribution in [2.24, 2.45) is 0 Å². The summed E-state index contributed by atoms with van der Waals surface area (Å²) >= 11 is 0. The standard InChI is InChI=1S/C28H28P2.C13H15NO3S.C5H5.F6P.Ru/c1-23(29(25-15-7-3-8-16-25)26-17-9-4-10-18-26)24(2)30(27-19-11-5-12-20-27)28-21-13-6-14-22-28;1-18(17)9-5-4-8-14-12(15)10-6-2-3-7-11(10)13(14)16;1-2-4-5-3-1;1-7(2,3,4,5)6;/h3-24H,1-2H3;2-3,6-7H,4-5,8-9H2,1H3;1-5H;;/q;;;-1;+2/t23-,24-;18-;;;/m11.../s1. The number of amides is 2. The fourth-order valence-corrected chi connectivity index (χ4v) is 13.1. The Morgan fingerprint density at radius 2 is 0.770 bits per heavy atom. The van der Waals surface area contributed by atoms with Crippen molar-refractivity contribution in [3.63, 3.8) is 0 Å². The number of hydrogen-bond acceptors (Lipinski definition) is 3. The predicted octanol–water partition coefficient (Wildman–Crippen LogP) is 11.9. The topological polar surface area (TPSA) is 54.5 Å². The SMILES string of the molecule is C[C@H]([C@@H](C)P(c1ccccc1)c1ccccc1)P(c1ccccc1)c1ccccc1.C[S@@](=O)CCCCN1C(=O)c2ccccc2C1=O.F[P-](F)(F)(F)(F)F.[CH]1[CH][CH][CH][CH]1.[Ru+2]. The summed E-state index contributed by atoms with van der Waals surface area (Å²) in [5.41, 5.74) is 2.08. The third-order valence-electron chi connectivity index (χ3n) is 9.15. The summed E-state index contributed by atoms with van der Waals surface area (Å²) in [7, 11) is -12.4. The van der Waals surface area contributed by atoms with Gasteiger partial charge in [-0.2, -0.15) is 0 Å². The number of nitrogens with zero attached hydrogens (tertiary/aromatic N) is 1. The largest absolute Gasteiger partial charge is 2.00 e. The quantitative estimate of drug-likeness (QED) is 0.0411. The van der Waals surface area contributed by atoms with Crippen LogP contribution in [0.3, 0.4) is 0 Å². The van der Waals surface area contributed by atoms with Gasteiger partial charge in [-0.25, -0.2) is 0 Å². The molecule has 0 N–H and O–H groups in total. The van der Waals surface area contributed by atoms with Crippen LogP contribution in [0.2, 0.25) is 0 Å². The molecule has 0 aromatic heterocycles. The van der Waals surface area contributed by atoms with Crippen molar-refractivity contribution in [1.29, 1.82) is 0 Å². The first-order valence-electron chi connectivity index (χ1n) is 19.1. The van der Waals surface area contributed by atoms with E-state index in [0.717, 1.165) is 6.42 Å². The van der Waals surface area contributed by atoms with Crippen LogP contribution in [0.4, 0.5) is 25.2 Å². The molecule has 0 spiro atoms. The molecule has 2 amide bonds. The van der Waals surface area contributed by atoms with Crippen molar-refractivity contribution < 1.29 is 58.5 Å². The Hall–Kier alpha value is -3.12. The molecular formula is C46H48F6NO3P3RuS+. The third-order valence-corrected chi connectivity index (χ3v) is 16.2. The van der Waals surface area contributed by atoms with Gasteiger partial charge in [0.2, 0.25) is 0 Å². The van der Waals surface area contributed by atoms with Crippen LogP contribution < -0.4 is 21.2 Å². The Balaban J connectivity index is 0.000000269. The molecule has 5 radical (unpaired) electrons. The van der Waals surface area contributed by atoms with Crippen molar-refractivity contribution in [2.45, 2.75) is 38.0 Å². The molecule has 5 aromatic rings. The van der Waals surface area contributed by atoms with Crippen LogP contribution in [-0.2, 0) is 30.3 Å². The average molecular weight is 1000 g/mol. The molecule has 5 aromatic carbocycles. The van der Waals surface area contributed by atoms with Gasteiger partial charge in [-0.1, -0.05) is 147 Å². The van der Waals surface area contributed by atoms with E-state index in [1.807, 2.05) is 32.1 Å². The van der Waals surface area contributed by atoms with Crippen LogP contribution in [0.25, 0.3) is 0 Å². The molecule has 0 unspecified atom stereocenters. The number of benzene rings is 5. The Bertz CT molecular complexity index is 1900. The van der Waals surface area contributed by atoms with Gasteiger partial charge in [-0.3, -0.25) is 18.7 Å². The number of carbonyl (C=O) groups excluding carboxylic acids is 2. The molecule has 3 atom stereocenters. The minimum atomic E-state index is -10.7. The summed E-state index contributed by atoms with van der Waals surface area (Å²) in [5, 5.41) is 5.87. The zero-order valence-electron chi connectivity index (χ0n) is 33.8.